The van der Waals surface area contributed by atoms with Crippen molar-refractivity contribution in [3.05, 3.63) is 60.0 Å². The van der Waals surface area contributed by atoms with E-state index in [2.05, 4.69) is 15.5 Å². The van der Waals surface area contributed by atoms with E-state index in [-0.39, 0.29) is 17.9 Å². The lowest BCUT2D eigenvalue weighted by atomic mass is 9.97. The van der Waals surface area contributed by atoms with Gasteiger partial charge in [0.1, 0.15) is 5.75 Å². The Labute approximate surface area is 191 Å². The molecule has 1 aliphatic rings. The van der Waals surface area contributed by atoms with Gasteiger partial charge in [0.15, 0.2) is 0 Å². The lowest BCUT2D eigenvalue weighted by molar-refractivity contribution is 0.0526. The third-order valence-corrected chi connectivity index (χ3v) is 5.55. The van der Waals surface area contributed by atoms with Crippen molar-refractivity contribution >= 4 is 17.7 Å². The van der Waals surface area contributed by atoms with E-state index in [1.165, 1.54) is 0 Å². The number of methoxy groups -OCH3 is 1. The van der Waals surface area contributed by atoms with Crippen LogP contribution in [-0.4, -0.2) is 53.8 Å². The molecule has 1 aliphatic heterocycles. The molecule has 0 spiro atoms. The smallest absolute Gasteiger partial charge is 0.338 e. The Hall–Kier alpha value is -3.88. The fraction of sp³-hybridized carbons (Fsp3) is 0.333. The topological polar surface area (TPSA) is 107 Å². The lowest BCUT2D eigenvalue weighted by Crippen LogP contribution is -2.40. The van der Waals surface area contributed by atoms with Gasteiger partial charge in [0.05, 0.1) is 19.3 Å². The van der Waals surface area contributed by atoms with Crippen LogP contribution in [0.1, 0.15) is 41.9 Å². The van der Waals surface area contributed by atoms with Gasteiger partial charge in [-0.3, -0.25) is 0 Å². The molecule has 1 aromatic heterocycles. The number of aromatic nitrogens is 2. The number of carbonyl (C=O) groups is 2. The highest BCUT2D eigenvalue weighted by molar-refractivity contribution is 5.92. The molecule has 9 nitrogen and oxygen atoms in total. The van der Waals surface area contributed by atoms with Crippen molar-refractivity contribution < 1.29 is 23.6 Å². The van der Waals surface area contributed by atoms with Crippen molar-refractivity contribution in [3.63, 3.8) is 0 Å². The van der Waals surface area contributed by atoms with Crippen molar-refractivity contribution in [3.8, 4) is 17.1 Å². The molecule has 0 unspecified atom stereocenters. The first-order valence-electron chi connectivity index (χ1n) is 10.9. The second-order valence-corrected chi connectivity index (χ2v) is 7.68. The number of piperidine rings is 1. The Morgan fingerprint density at radius 2 is 1.91 bits per heavy atom. The number of likely N-dealkylation sites (tertiary alicyclic amines) is 1. The number of carbonyl (C=O) groups excluding carboxylic acids is 2. The average molecular weight is 450 g/mol. The summed E-state index contributed by atoms with van der Waals surface area (Å²) in [5.74, 6) is 1.56. The molecule has 172 valence electrons. The largest absolute Gasteiger partial charge is 0.497 e. The molecular formula is C24H26N4O5. The van der Waals surface area contributed by atoms with E-state index in [1.54, 1.807) is 43.2 Å². The molecule has 0 aliphatic carbocycles. The van der Waals surface area contributed by atoms with Crippen LogP contribution in [0.5, 0.6) is 5.75 Å². The molecule has 2 heterocycles. The van der Waals surface area contributed by atoms with Crippen LogP contribution in [0.25, 0.3) is 11.4 Å². The number of benzene rings is 2. The Morgan fingerprint density at radius 3 is 2.61 bits per heavy atom. The first kappa shape index (κ1) is 22.3. The number of nitrogens with one attached hydrogen (secondary N) is 1. The Bertz CT molecular complexity index is 1100. The number of anilines is 1. The van der Waals surface area contributed by atoms with Crippen molar-refractivity contribution in [2.45, 2.75) is 25.7 Å². The van der Waals surface area contributed by atoms with Crippen molar-refractivity contribution in [2.24, 2.45) is 0 Å². The zero-order chi connectivity index (χ0) is 23.2. The van der Waals surface area contributed by atoms with Crippen LogP contribution < -0.4 is 10.1 Å². The highest BCUT2D eigenvalue weighted by atomic mass is 16.5. The van der Waals surface area contributed by atoms with Crippen molar-refractivity contribution in [1.29, 1.82) is 0 Å². The molecule has 33 heavy (non-hydrogen) atoms. The maximum absolute atomic E-state index is 12.6. The van der Waals surface area contributed by atoms with E-state index in [4.69, 9.17) is 14.0 Å². The van der Waals surface area contributed by atoms with Crippen molar-refractivity contribution in [2.75, 3.05) is 32.1 Å². The molecule has 3 aromatic rings. The molecule has 9 heteroatoms. The molecule has 1 fully saturated rings. The molecule has 1 N–H and O–H groups in total. The summed E-state index contributed by atoms with van der Waals surface area (Å²) in [5, 5.41) is 6.98. The summed E-state index contributed by atoms with van der Waals surface area (Å²) in [4.78, 5) is 30.7. The number of urea groups is 1. The van der Waals surface area contributed by atoms with E-state index < -0.39 is 0 Å². The summed E-state index contributed by atoms with van der Waals surface area (Å²) in [5.41, 5.74) is 1.90. The number of esters is 1. The molecule has 2 aromatic carbocycles. The number of nitrogens with zero attached hydrogens (tertiary/aromatic N) is 3. The minimum Gasteiger partial charge on any atom is -0.497 e. The minimum absolute atomic E-state index is 0.102. The number of rotatable bonds is 6. The quantitative estimate of drug-likeness (QED) is 0.557. The van der Waals surface area contributed by atoms with Crippen LogP contribution in [0.15, 0.2) is 53.1 Å². The van der Waals surface area contributed by atoms with E-state index in [9.17, 15) is 9.59 Å². The molecule has 0 atom stereocenters. The zero-order valence-corrected chi connectivity index (χ0v) is 18.6. The third kappa shape index (κ3) is 5.31. The highest BCUT2D eigenvalue weighted by Gasteiger charge is 2.28. The SMILES string of the molecule is CCOC(=O)c1ccc(NC(=O)N2CCC(c3nc(-c4cccc(OC)c4)no3)CC2)cc1. The molecular weight excluding hydrogens is 424 g/mol. The summed E-state index contributed by atoms with van der Waals surface area (Å²) in [6, 6.07) is 14.0. The van der Waals surface area contributed by atoms with Gasteiger partial charge < -0.3 is 24.2 Å². The maximum atomic E-state index is 12.6. The van der Waals surface area contributed by atoms with Crippen LogP contribution in [-0.2, 0) is 4.74 Å². The van der Waals surface area contributed by atoms with Gasteiger partial charge in [-0.25, -0.2) is 9.59 Å². The molecule has 2 amide bonds. The Balaban J connectivity index is 1.31. The number of hydrogen-bond acceptors (Lipinski definition) is 7. The summed E-state index contributed by atoms with van der Waals surface area (Å²) < 4.78 is 15.7. The van der Waals surface area contributed by atoms with Crippen LogP contribution in [0.4, 0.5) is 10.5 Å². The molecule has 0 radical (unpaired) electrons. The van der Waals surface area contributed by atoms with Gasteiger partial charge in [-0.2, -0.15) is 4.98 Å². The van der Waals surface area contributed by atoms with E-state index in [0.717, 1.165) is 24.2 Å². The fourth-order valence-electron chi connectivity index (χ4n) is 3.72. The first-order chi connectivity index (χ1) is 16.1. The Morgan fingerprint density at radius 1 is 1.15 bits per heavy atom. The molecule has 4 rings (SSSR count). The molecule has 0 bridgehead atoms. The second kappa shape index (κ2) is 10.2. The van der Waals surface area contributed by atoms with Crippen LogP contribution >= 0.6 is 0 Å². The van der Waals surface area contributed by atoms with E-state index in [1.807, 2.05) is 24.3 Å². The summed E-state index contributed by atoms with van der Waals surface area (Å²) >= 11 is 0. The van der Waals surface area contributed by atoms with Crippen molar-refractivity contribution in [1.82, 2.24) is 15.0 Å². The first-order valence-corrected chi connectivity index (χ1v) is 10.9. The summed E-state index contributed by atoms with van der Waals surface area (Å²) in [6.45, 7) is 3.23. The fourth-order valence-corrected chi connectivity index (χ4v) is 3.72. The standard InChI is InChI=1S/C24H26N4O5/c1-3-32-23(29)17-7-9-19(10-8-17)25-24(30)28-13-11-16(12-14-28)22-26-21(27-33-22)18-5-4-6-20(15-18)31-2/h4-10,15-16H,3,11-14H2,1-2H3,(H,25,30). The predicted octanol–water partition coefficient (Wildman–Crippen LogP) is 4.33. The van der Waals surface area contributed by atoms with Crippen LogP contribution in [0.3, 0.4) is 0 Å². The normalized spacial score (nSPS) is 14.1. The Kier molecular flexibility index (Phi) is 6.87. The third-order valence-electron chi connectivity index (χ3n) is 5.55. The molecule has 0 saturated carbocycles. The number of hydrogen-bond donors (Lipinski definition) is 1. The zero-order valence-electron chi connectivity index (χ0n) is 18.6. The maximum Gasteiger partial charge on any atom is 0.338 e. The second-order valence-electron chi connectivity index (χ2n) is 7.68. The minimum atomic E-state index is -0.381. The van der Waals surface area contributed by atoms with Crippen LogP contribution in [0.2, 0.25) is 0 Å². The van der Waals surface area contributed by atoms with Gasteiger partial charge in [-0.1, -0.05) is 17.3 Å². The molecule has 1 saturated heterocycles. The number of ether oxygens (including phenoxy) is 2. The van der Waals surface area contributed by atoms with E-state index in [0.29, 0.717) is 42.7 Å². The van der Waals surface area contributed by atoms with Gasteiger partial charge in [-0.15, -0.1) is 0 Å². The van der Waals surface area contributed by atoms with Gasteiger partial charge in [0.25, 0.3) is 0 Å². The highest BCUT2D eigenvalue weighted by Crippen LogP contribution is 2.29. The van der Waals surface area contributed by atoms with Gasteiger partial charge in [-0.05, 0) is 56.2 Å². The van der Waals surface area contributed by atoms with Crippen LogP contribution in [0, 0.1) is 0 Å². The van der Waals surface area contributed by atoms with Gasteiger partial charge in [0.2, 0.25) is 11.7 Å². The number of amides is 2. The summed E-state index contributed by atoms with van der Waals surface area (Å²) in [7, 11) is 1.61. The average Bonchev–Trinajstić information content (AvgIpc) is 3.35. The monoisotopic (exact) mass is 450 g/mol. The van der Waals surface area contributed by atoms with E-state index >= 15 is 0 Å². The van der Waals surface area contributed by atoms with Gasteiger partial charge >= 0.3 is 12.0 Å². The predicted molar refractivity (Wildman–Crippen MR) is 121 cm³/mol. The lowest BCUT2D eigenvalue weighted by Gasteiger charge is -2.30. The van der Waals surface area contributed by atoms with Gasteiger partial charge in [0, 0.05) is 30.3 Å². The summed E-state index contributed by atoms with van der Waals surface area (Å²) in [6.07, 6.45) is 1.46.